The van der Waals surface area contributed by atoms with E-state index >= 15 is 0 Å². The van der Waals surface area contributed by atoms with Crippen LogP contribution in [0.25, 0.3) is 0 Å². The molecule has 0 aliphatic carbocycles. The largest absolute Gasteiger partial charge is 0.497 e. The molecule has 5 nitrogen and oxygen atoms in total. The van der Waals surface area contributed by atoms with Gasteiger partial charge in [-0.25, -0.2) is 4.39 Å². The molecule has 2 saturated heterocycles. The van der Waals surface area contributed by atoms with Crippen molar-refractivity contribution in [1.82, 2.24) is 0 Å². The van der Waals surface area contributed by atoms with Crippen molar-refractivity contribution in [2.45, 2.75) is 51.4 Å². The average Bonchev–Trinajstić information content (AvgIpc) is 2.66. The molecule has 1 unspecified atom stereocenters. The number of rotatable bonds is 5. The Morgan fingerprint density at radius 2 is 1.96 bits per heavy atom. The van der Waals surface area contributed by atoms with E-state index in [1.807, 2.05) is 27.7 Å². The van der Waals surface area contributed by atoms with E-state index < -0.39 is 24.1 Å². The van der Waals surface area contributed by atoms with Crippen LogP contribution in [0.2, 0.25) is 0 Å². The summed E-state index contributed by atoms with van der Waals surface area (Å²) in [6.45, 7) is 8.54. The lowest BCUT2D eigenvalue weighted by Crippen LogP contribution is -2.41. The molecule has 24 heavy (non-hydrogen) atoms. The number of ether oxygens (including phenoxy) is 2. The van der Waals surface area contributed by atoms with Gasteiger partial charge in [-0.15, -0.1) is 0 Å². The Morgan fingerprint density at radius 1 is 1.29 bits per heavy atom. The van der Waals surface area contributed by atoms with E-state index in [-0.39, 0.29) is 18.6 Å². The van der Waals surface area contributed by atoms with Gasteiger partial charge in [0.15, 0.2) is 18.3 Å². The molecule has 0 radical (unpaired) electrons. The standard InChI is InChI=1S/C17H23BFNO4/c1-16(2)17(3,4)24-18(23-16)13-6-5-7-14(15(13)19)22-11-20-10-12-8-9-21-12/h5-7,10,12H,8-9,11H2,1-4H3. The maximum Gasteiger partial charge on any atom is 0.497 e. The summed E-state index contributed by atoms with van der Waals surface area (Å²) in [6, 6.07) is 4.94. The summed E-state index contributed by atoms with van der Waals surface area (Å²) in [6.07, 6.45) is 2.73. The van der Waals surface area contributed by atoms with Crippen molar-refractivity contribution in [2.75, 3.05) is 13.3 Å². The van der Waals surface area contributed by atoms with E-state index in [1.54, 1.807) is 24.4 Å². The van der Waals surface area contributed by atoms with Gasteiger partial charge in [-0.05, 0) is 33.8 Å². The van der Waals surface area contributed by atoms with E-state index in [0.717, 1.165) is 13.0 Å². The van der Waals surface area contributed by atoms with Crippen LogP contribution >= 0.6 is 0 Å². The molecular formula is C17H23BFNO4. The molecule has 0 bridgehead atoms. The Hall–Kier alpha value is -1.44. The first-order chi connectivity index (χ1) is 11.3. The van der Waals surface area contributed by atoms with Crippen molar-refractivity contribution in [1.29, 1.82) is 0 Å². The van der Waals surface area contributed by atoms with Gasteiger partial charge in [-0.3, -0.25) is 4.99 Å². The first kappa shape index (κ1) is 17.4. The summed E-state index contributed by atoms with van der Waals surface area (Å²) < 4.78 is 37.2. The summed E-state index contributed by atoms with van der Waals surface area (Å²) in [5.41, 5.74) is -0.709. The van der Waals surface area contributed by atoms with E-state index in [9.17, 15) is 4.39 Å². The molecule has 3 rings (SSSR count). The van der Waals surface area contributed by atoms with Gasteiger partial charge in [0.2, 0.25) is 0 Å². The number of hydrogen-bond donors (Lipinski definition) is 0. The van der Waals surface area contributed by atoms with Gasteiger partial charge in [0.05, 0.1) is 23.9 Å². The van der Waals surface area contributed by atoms with Crippen molar-refractivity contribution in [3.8, 4) is 5.75 Å². The van der Waals surface area contributed by atoms with Crippen LogP contribution in [-0.2, 0) is 14.0 Å². The summed E-state index contributed by atoms with van der Waals surface area (Å²) in [5.74, 6) is -0.347. The Bertz CT molecular complexity index is 615. The number of hydrogen-bond acceptors (Lipinski definition) is 5. The van der Waals surface area contributed by atoms with Crippen LogP contribution in [0.1, 0.15) is 34.1 Å². The normalized spacial score (nSPS) is 25.0. The van der Waals surface area contributed by atoms with Crippen LogP contribution in [0.4, 0.5) is 4.39 Å². The van der Waals surface area contributed by atoms with Gasteiger partial charge < -0.3 is 18.8 Å². The van der Waals surface area contributed by atoms with Crippen molar-refractivity contribution in [2.24, 2.45) is 4.99 Å². The van der Waals surface area contributed by atoms with Crippen molar-refractivity contribution in [3.63, 3.8) is 0 Å². The molecule has 2 fully saturated rings. The molecule has 2 aliphatic rings. The lowest BCUT2D eigenvalue weighted by atomic mass is 9.78. The molecule has 1 atom stereocenters. The fourth-order valence-electron chi connectivity index (χ4n) is 2.43. The van der Waals surface area contributed by atoms with Gasteiger partial charge in [0.1, 0.15) is 0 Å². The molecule has 0 aromatic heterocycles. The zero-order valence-corrected chi connectivity index (χ0v) is 14.5. The molecule has 0 saturated carbocycles. The first-order valence-electron chi connectivity index (χ1n) is 8.18. The predicted octanol–water partition coefficient (Wildman–Crippen LogP) is 2.32. The van der Waals surface area contributed by atoms with Crippen LogP contribution in [0.15, 0.2) is 23.2 Å². The second kappa shape index (κ2) is 6.46. The maximum absolute atomic E-state index is 14.7. The fraction of sp³-hybridized carbons (Fsp3) is 0.588. The Labute approximate surface area is 142 Å². The summed E-state index contributed by atoms with van der Waals surface area (Å²) in [7, 11) is -0.759. The number of halogens is 1. The average molecular weight is 335 g/mol. The topological polar surface area (TPSA) is 49.3 Å². The Balaban J connectivity index is 1.68. The smallest absolute Gasteiger partial charge is 0.468 e. The molecule has 130 valence electrons. The maximum atomic E-state index is 14.7. The number of benzene rings is 1. The summed E-state index contributed by atoms with van der Waals surface area (Å²) in [5, 5.41) is 0. The van der Waals surface area contributed by atoms with Crippen LogP contribution in [0, 0.1) is 5.82 Å². The van der Waals surface area contributed by atoms with E-state index in [2.05, 4.69) is 4.99 Å². The van der Waals surface area contributed by atoms with Crippen molar-refractivity contribution >= 4 is 18.8 Å². The lowest BCUT2D eigenvalue weighted by Gasteiger charge is -2.32. The fourth-order valence-corrected chi connectivity index (χ4v) is 2.43. The van der Waals surface area contributed by atoms with Gasteiger partial charge in [-0.2, -0.15) is 0 Å². The molecule has 0 spiro atoms. The van der Waals surface area contributed by atoms with Gasteiger partial charge in [0.25, 0.3) is 0 Å². The van der Waals surface area contributed by atoms with Crippen LogP contribution in [0.3, 0.4) is 0 Å². The minimum absolute atomic E-state index is 0.0452. The van der Waals surface area contributed by atoms with Crippen molar-refractivity contribution < 1.29 is 23.2 Å². The third-order valence-corrected chi connectivity index (χ3v) is 4.80. The zero-order valence-electron chi connectivity index (χ0n) is 14.5. The predicted molar refractivity (Wildman–Crippen MR) is 90.5 cm³/mol. The first-order valence-corrected chi connectivity index (χ1v) is 8.18. The van der Waals surface area contributed by atoms with Gasteiger partial charge >= 0.3 is 7.12 Å². The lowest BCUT2D eigenvalue weighted by molar-refractivity contribution is -0.00276. The molecular weight excluding hydrogens is 312 g/mol. The number of nitrogens with zero attached hydrogens (tertiary/aromatic N) is 1. The molecule has 1 aromatic carbocycles. The monoisotopic (exact) mass is 335 g/mol. The molecule has 1 aromatic rings. The number of aliphatic imine (C=N–C) groups is 1. The Kier molecular flexibility index (Phi) is 4.68. The molecule has 0 N–H and O–H groups in total. The highest BCUT2D eigenvalue weighted by atomic mass is 19.1. The van der Waals surface area contributed by atoms with Crippen LogP contribution < -0.4 is 10.2 Å². The molecule has 2 aliphatic heterocycles. The SMILES string of the molecule is CC1(C)OB(c2cccc(OCN=CC3CCO3)c2F)OC1(C)C. The quantitative estimate of drug-likeness (QED) is 0.612. The second-order valence-electron chi connectivity index (χ2n) is 7.05. The third kappa shape index (κ3) is 3.34. The van der Waals surface area contributed by atoms with Gasteiger partial charge in [0, 0.05) is 18.1 Å². The third-order valence-electron chi connectivity index (χ3n) is 4.80. The van der Waals surface area contributed by atoms with Gasteiger partial charge in [-0.1, -0.05) is 12.1 Å². The minimum atomic E-state index is -0.759. The van der Waals surface area contributed by atoms with Crippen molar-refractivity contribution in [3.05, 3.63) is 24.0 Å². The minimum Gasteiger partial charge on any atom is -0.468 e. The Morgan fingerprint density at radius 3 is 2.54 bits per heavy atom. The molecule has 2 heterocycles. The van der Waals surface area contributed by atoms with Crippen LogP contribution in [0.5, 0.6) is 5.75 Å². The highest BCUT2D eigenvalue weighted by Gasteiger charge is 2.52. The summed E-state index contributed by atoms with van der Waals surface area (Å²) >= 11 is 0. The van der Waals surface area contributed by atoms with E-state index in [0.29, 0.717) is 5.46 Å². The van der Waals surface area contributed by atoms with Crippen LogP contribution in [-0.4, -0.2) is 44.0 Å². The van der Waals surface area contributed by atoms with E-state index in [4.69, 9.17) is 18.8 Å². The summed E-state index contributed by atoms with van der Waals surface area (Å²) in [4.78, 5) is 4.10. The highest BCUT2D eigenvalue weighted by molar-refractivity contribution is 6.62. The second-order valence-corrected chi connectivity index (χ2v) is 7.05. The highest BCUT2D eigenvalue weighted by Crippen LogP contribution is 2.37. The zero-order chi connectivity index (χ0) is 17.4. The molecule has 0 amide bonds. The molecule has 7 heteroatoms. The van der Waals surface area contributed by atoms with E-state index in [1.165, 1.54) is 0 Å².